The fourth-order valence-corrected chi connectivity index (χ4v) is 2.43. The monoisotopic (exact) mass is 234 g/mol. The van der Waals surface area contributed by atoms with Gasteiger partial charge < -0.3 is 15.4 Å². The lowest BCUT2D eigenvalue weighted by atomic mass is 9.88. The van der Waals surface area contributed by atoms with E-state index in [-0.39, 0.29) is 0 Å². The van der Waals surface area contributed by atoms with Crippen molar-refractivity contribution in [3.63, 3.8) is 0 Å². The Hall–Kier alpha value is -1.38. The number of piperidine rings is 1. The van der Waals surface area contributed by atoms with Gasteiger partial charge in [-0.15, -0.1) is 0 Å². The predicted octanol–water partition coefficient (Wildman–Crippen LogP) is 2.76. The molecule has 0 amide bonds. The highest BCUT2D eigenvalue weighted by molar-refractivity contribution is 5.69. The molecule has 1 saturated heterocycles. The summed E-state index contributed by atoms with van der Waals surface area (Å²) >= 11 is 0. The van der Waals surface area contributed by atoms with Crippen LogP contribution in [0.1, 0.15) is 20.3 Å². The molecule has 0 aliphatic carbocycles. The first-order valence-corrected chi connectivity index (χ1v) is 6.30. The fraction of sp³-hybridized carbons (Fsp3) is 0.571. The summed E-state index contributed by atoms with van der Waals surface area (Å²) in [5.41, 5.74) is 8.04. The van der Waals surface area contributed by atoms with Crippen molar-refractivity contribution in [3.05, 3.63) is 18.2 Å². The molecule has 1 aliphatic rings. The van der Waals surface area contributed by atoms with Crippen LogP contribution < -0.4 is 15.4 Å². The van der Waals surface area contributed by atoms with Crippen LogP contribution in [0.25, 0.3) is 0 Å². The van der Waals surface area contributed by atoms with Crippen LogP contribution in [0.15, 0.2) is 18.2 Å². The molecule has 0 bridgehead atoms. The highest BCUT2D eigenvalue weighted by Gasteiger charge is 2.23. The van der Waals surface area contributed by atoms with Crippen molar-refractivity contribution in [3.8, 4) is 5.75 Å². The molecule has 2 atom stereocenters. The normalized spacial score (nSPS) is 24.8. The molecule has 3 heteroatoms. The van der Waals surface area contributed by atoms with Gasteiger partial charge in [-0.1, -0.05) is 13.8 Å². The van der Waals surface area contributed by atoms with Gasteiger partial charge in [0.25, 0.3) is 0 Å². The second kappa shape index (κ2) is 4.86. The van der Waals surface area contributed by atoms with Gasteiger partial charge in [0.1, 0.15) is 5.75 Å². The number of methoxy groups -OCH3 is 1. The van der Waals surface area contributed by atoms with Gasteiger partial charge in [0, 0.05) is 19.2 Å². The standard InChI is InChI=1S/C14H22N2O/c1-10-6-7-16(9-11(10)2)14-5-4-12(17-3)8-13(14)15/h4-5,8,10-11H,6-7,9,15H2,1-3H3. The first kappa shape index (κ1) is 12.1. The average Bonchev–Trinajstić information content (AvgIpc) is 2.32. The molecule has 1 aliphatic heterocycles. The number of nitrogens with two attached hydrogens (primary N) is 1. The van der Waals surface area contributed by atoms with Crippen LogP contribution >= 0.6 is 0 Å². The van der Waals surface area contributed by atoms with Crippen molar-refractivity contribution < 1.29 is 4.74 Å². The molecule has 2 N–H and O–H groups in total. The number of hydrogen-bond acceptors (Lipinski definition) is 3. The zero-order valence-electron chi connectivity index (χ0n) is 10.9. The molecule has 0 saturated carbocycles. The number of nitrogens with zero attached hydrogens (tertiary/aromatic N) is 1. The number of nitrogen functional groups attached to an aromatic ring is 1. The van der Waals surface area contributed by atoms with Gasteiger partial charge in [-0.25, -0.2) is 0 Å². The quantitative estimate of drug-likeness (QED) is 0.800. The summed E-state index contributed by atoms with van der Waals surface area (Å²) in [5.74, 6) is 2.36. The summed E-state index contributed by atoms with van der Waals surface area (Å²) in [4.78, 5) is 2.39. The van der Waals surface area contributed by atoms with Gasteiger partial charge in [0.05, 0.1) is 18.5 Å². The molecule has 1 heterocycles. The fourth-order valence-electron chi connectivity index (χ4n) is 2.43. The Morgan fingerprint density at radius 1 is 1.29 bits per heavy atom. The van der Waals surface area contributed by atoms with Crippen LogP contribution in [0.3, 0.4) is 0 Å². The second-order valence-electron chi connectivity index (χ2n) is 5.11. The SMILES string of the molecule is COc1ccc(N2CCC(C)C(C)C2)c(N)c1. The maximum atomic E-state index is 6.09. The summed E-state index contributed by atoms with van der Waals surface area (Å²) in [6, 6.07) is 5.95. The van der Waals surface area contributed by atoms with Gasteiger partial charge in [-0.05, 0) is 30.4 Å². The van der Waals surface area contributed by atoms with Crippen LogP contribution in [0.4, 0.5) is 11.4 Å². The lowest BCUT2D eigenvalue weighted by molar-refractivity contribution is 0.324. The van der Waals surface area contributed by atoms with Crippen molar-refractivity contribution in [2.45, 2.75) is 20.3 Å². The molecule has 1 aromatic carbocycles. The maximum Gasteiger partial charge on any atom is 0.121 e. The minimum Gasteiger partial charge on any atom is -0.497 e. The van der Waals surface area contributed by atoms with Crippen molar-refractivity contribution in [2.75, 3.05) is 30.8 Å². The molecule has 94 valence electrons. The molecular weight excluding hydrogens is 212 g/mol. The molecule has 0 radical (unpaired) electrons. The van der Waals surface area contributed by atoms with Gasteiger partial charge in [-0.2, -0.15) is 0 Å². The van der Waals surface area contributed by atoms with E-state index >= 15 is 0 Å². The third-order valence-electron chi connectivity index (χ3n) is 3.91. The lowest BCUT2D eigenvalue weighted by Gasteiger charge is -2.37. The Morgan fingerprint density at radius 3 is 2.65 bits per heavy atom. The smallest absolute Gasteiger partial charge is 0.121 e. The van der Waals surface area contributed by atoms with Crippen LogP contribution in [0, 0.1) is 11.8 Å². The van der Waals surface area contributed by atoms with Gasteiger partial charge in [0.15, 0.2) is 0 Å². The lowest BCUT2D eigenvalue weighted by Crippen LogP contribution is -2.38. The number of ether oxygens (including phenoxy) is 1. The largest absolute Gasteiger partial charge is 0.497 e. The van der Waals surface area contributed by atoms with Crippen molar-refractivity contribution in [1.29, 1.82) is 0 Å². The molecule has 2 unspecified atom stereocenters. The Bertz CT molecular complexity index is 392. The first-order chi connectivity index (χ1) is 8.11. The van der Waals surface area contributed by atoms with E-state index in [0.717, 1.165) is 42.0 Å². The minimum absolute atomic E-state index is 0.727. The third-order valence-corrected chi connectivity index (χ3v) is 3.91. The zero-order chi connectivity index (χ0) is 12.4. The molecule has 1 aromatic rings. The van der Waals surface area contributed by atoms with E-state index in [0.29, 0.717) is 0 Å². The molecular formula is C14H22N2O. The van der Waals surface area contributed by atoms with Crippen LogP contribution in [-0.4, -0.2) is 20.2 Å². The zero-order valence-corrected chi connectivity index (χ0v) is 10.9. The number of anilines is 2. The number of hydrogen-bond donors (Lipinski definition) is 1. The Labute approximate surface area is 104 Å². The van der Waals surface area contributed by atoms with E-state index in [1.54, 1.807) is 7.11 Å². The highest BCUT2D eigenvalue weighted by atomic mass is 16.5. The summed E-state index contributed by atoms with van der Waals surface area (Å²) in [6.45, 7) is 6.84. The molecule has 0 aromatic heterocycles. The molecule has 2 rings (SSSR count). The van der Waals surface area contributed by atoms with Crippen LogP contribution in [-0.2, 0) is 0 Å². The van der Waals surface area contributed by atoms with Crippen molar-refractivity contribution >= 4 is 11.4 Å². The first-order valence-electron chi connectivity index (χ1n) is 6.30. The summed E-state index contributed by atoms with van der Waals surface area (Å²) in [6.07, 6.45) is 1.24. The predicted molar refractivity (Wildman–Crippen MR) is 72.6 cm³/mol. The topological polar surface area (TPSA) is 38.5 Å². The van der Waals surface area contributed by atoms with E-state index < -0.39 is 0 Å². The minimum atomic E-state index is 0.727. The van der Waals surface area contributed by atoms with E-state index in [1.807, 2.05) is 12.1 Å². The Morgan fingerprint density at radius 2 is 2.06 bits per heavy atom. The molecule has 17 heavy (non-hydrogen) atoms. The maximum absolute atomic E-state index is 6.09. The van der Waals surface area contributed by atoms with E-state index in [2.05, 4.69) is 24.8 Å². The van der Waals surface area contributed by atoms with Gasteiger partial charge in [-0.3, -0.25) is 0 Å². The Balaban J connectivity index is 2.17. The molecule has 3 nitrogen and oxygen atoms in total. The second-order valence-corrected chi connectivity index (χ2v) is 5.11. The molecule has 1 fully saturated rings. The summed E-state index contributed by atoms with van der Waals surface area (Å²) in [7, 11) is 1.67. The van der Waals surface area contributed by atoms with E-state index in [4.69, 9.17) is 10.5 Å². The van der Waals surface area contributed by atoms with Crippen LogP contribution in [0.5, 0.6) is 5.75 Å². The van der Waals surface area contributed by atoms with E-state index in [1.165, 1.54) is 6.42 Å². The van der Waals surface area contributed by atoms with Gasteiger partial charge in [0.2, 0.25) is 0 Å². The third kappa shape index (κ3) is 2.48. The number of rotatable bonds is 2. The highest BCUT2D eigenvalue weighted by Crippen LogP contribution is 2.32. The Kier molecular flexibility index (Phi) is 3.46. The van der Waals surface area contributed by atoms with E-state index in [9.17, 15) is 0 Å². The van der Waals surface area contributed by atoms with Crippen LogP contribution in [0.2, 0.25) is 0 Å². The van der Waals surface area contributed by atoms with Crippen molar-refractivity contribution in [2.24, 2.45) is 11.8 Å². The van der Waals surface area contributed by atoms with Crippen molar-refractivity contribution in [1.82, 2.24) is 0 Å². The number of benzene rings is 1. The molecule has 0 spiro atoms. The summed E-state index contributed by atoms with van der Waals surface area (Å²) in [5, 5.41) is 0. The average molecular weight is 234 g/mol. The summed E-state index contributed by atoms with van der Waals surface area (Å²) < 4.78 is 5.18. The van der Waals surface area contributed by atoms with Gasteiger partial charge >= 0.3 is 0 Å².